The van der Waals surface area contributed by atoms with Crippen molar-refractivity contribution in [1.82, 2.24) is 0 Å². The van der Waals surface area contributed by atoms with Gasteiger partial charge in [-0.25, -0.2) is 0 Å². The average molecular weight is 592 g/mol. The summed E-state index contributed by atoms with van der Waals surface area (Å²) in [6.45, 7) is 4.02. The first-order valence-corrected chi connectivity index (χ1v) is 12.5. The Morgan fingerprint density at radius 2 is 1.72 bits per heavy atom. The van der Waals surface area contributed by atoms with Gasteiger partial charge in [-0.3, -0.25) is 9.59 Å². The Morgan fingerprint density at radius 1 is 0.972 bits per heavy atom. The summed E-state index contributed by atoms with van der Waals surface area (Å²) in [4.78, 5) is 25.1. The molecule has 9 heteroatoms. The number of hydrogen-bond acceptors (Lipinski definition) is 6. The Labute approximate surface area is 225 Å². The fourth-order valence-corrected chi connectivity index (χ4v) is 4.33. The number of ether oxygens (including phenoxy) is 3. The van der Waals surface area contributed by atoms with E-state index in [9.17, 15) is 9.59 Å². The zero-order chi connectivity index (χ0) is 25.8. The van der Waals surface area contributed by atoms with Crippen LogP contribution in [-0.4, -0.2) is 12.6 Å². The highest BCUT2D eigenvalue weighted by atomic mass is 79.9. The third kappa shape index (κ3) is 6.22. The number of carbonyl (C=O) groups is 1. The lowest BCUT2D eigenvalue weighted by Crippen LogP contribution is -2.10. The molecule has 4 rings (SSSR count). The highest BCUT2D eigenvalue weighted by Crippen LogP contribution is 2.30. The largest absolute Gasteiger partial charge is 0.492 e. The van der Waals surface area contributed by atoms with Crippen molar-refractivity contribution < 1.29 is 23.4 Å². The minimum atomic E-state index is -0.435. The van der Waals surface area contributed by atoms with Crippen LogP contribution in [0.4, 0.5) is 0 Å². The average Bonchev–Trinajstić information content (AvgIpc) is 2.83. The van der Waals surface area contributed by atoms with Crippen molar-refractivity contribution in [3.63, 3.8) is 0 Å². The maximum absolute atomic E-state index is 12.9. The minimum Gasteiger partial charge on any atom is -0.492 e. The lowest BCUT2D eigenvalue weighted by Gasteiger charge is -2.10. The number of benzene rings is 3. The zero-order valence-corrected chi connectivity index (χ0v) is 22.5. The maximum Gasteiger partial charge on any atom is 0.311 e. The first-order valence-electron chi connectivity index (χ1n) is 11.0. The molecule has 1 aromatic heterocycles. The Bertz CT molecular complexity index is 1470. The molecular weight excluding hydrogens is 571 g/mol. The zero-order valence-electron chi connectivity index (χ0n) is 19.4. The van der Waals surface area contributed by atoms with Crippen LogP contribution in [0.3, 0.4) is 0 Å². The summed E-state index contributed by atoms with van der Waals surface area (Å²) in [5, 5.41) is 1.43. The Hall–Kier alpha value is -3.00. The normalized spacial score (nSPS) is 10.9. The molecule has 1 heterocycles. The molecule has 0 bridgehead atoms. The fraction of sp³-hybridized carbons (Fsp3) is 0.185. The van der Waals surface area contributed by atoms with E-state index in [-0.39, 0.29) is 28.9 Å². The number of esters is 1. The molecule has 36 heavy (non-hydrogen) atoms. The van der Waals surface area contributed by atoms with Crippen molar-refractivity contribution >= 4 is 56.1 Å². The summed E-state index contributed by atoms with van der Waals surface area (Å²) in [6, 6.07) is 13.4. The number of carbonyl (C=O) groups excluding carboxylic acids is 1. The van der Waals surface area contributed by atoms with E-state index in [1.54, 1.807) is 24.3 Å². The SMILES string of the molecule is Cc1cc(Oc2coc3cc(OC(=O)CCCOc4ccc(Br)cc4Cl)ccc3c2=O)cc(C)c1Cl. The van der Waals surface area contributed by atoms with E-state index < -0.39 is 5.97 Å². The molecule has 4 aromatic rings. The number of rotatable bonds is 8. The molecule has 0 spiro atoms. The van der Waals surface area contributed by atoms with Gasteiger partial charge in [-0.1, -0.05) is 39.1 Å². The molecule has 0 amide bonds. The molecule has 0 aliphatic rings. The number of aryl methyl sites for hydroxylation is 2. The van der Waals surface area contributed by atoms with Gasteiger partial charge in [-0.05, 0) is 73.9 Å². The molecule has 3 aromatic carbocycles. The van der Waals surface area contributed by atoms with Gasteiger partial charge in [-0.2, -0.15) is 0 Å². The van der Waals surface area contributed by atoms with Crippen LogP contribution in [0.2, 0.25) is 10.0 Å². The van der Waals surface area contributed by atoms with Crippen molar-refractivity contribution in [2.24, 2.45) is 0 Å². The van der Waals surface area contributed by atoms with E-state index in [2.05, 4.69) is 15.9 Å². The lowest BCUT2D eigenvalue weighted by atomic mass is 10.1. The van der Waals surface area contributed by atoms with Gasteiger partial charge in [0.15, 0.2) is 0 Å². The summed E-state index contributed by atoms with van der Waals surface area (Å²) in [6.07, 6.45) is 1.82. The molecule has 0 saturated carbocycles. The smallest absolute Gasteiger partial charge is 0.311 e. The Kier molecular flexibility index (Phi) is 8.24. The Morgan fingerprint density at radius 3 is 2.44 bits per heavy atom. The van der Waals surface area contributed by atoms with Crippen molar-refractivity contribution in [3.8, 4) is 23.0 Å². The predicted octanol–water partition coefficient (Wildman–Crippen LogP) is 8.04. The van der Waals surface area contributed by atoms with Crippen molar-refractivity contribution in [2.75, 3.05) is 6.61 Å². The molecule has 0 saturated heterocycles. The van der Waals surface area contributed by atoms with Crippen LogP contribution >= 0.6 is 39.1 Å². The van der Waals surface area contributed by atoms with E-state index in [0.29, 0.717) is 40.0 Å². The fourth-order valence-electron chi connectivity index (χ4n) is 3.49. The summed E-state index contributed by atoms with van der Waals surface area (Å²) < 4.78 is 23.2. The molecule has 0 fully saturated rings. The van der Waals surface area contributed by atoms with Gasteiger partial charge in [0, 0.05) is 22.0 Å². The first-order chi connectivity index (χ1) is 17.2. The van der Waals surface area contributed by atoms with Crippen LogP contribution in [0.5, 0.6) is 23.0 Å². The van der Waals surface area contributed by atoms with E-state index >= 15 is 0 Å². The topological polar surface area (TPSA) is 75.0 Å². The van der Waals surface area contributed by atoms with Crippen LogP contribution in [0.25, 0.3) is 11.0 Å². The van der Waals surface area contributed by atoms with Crippen LogP contribution in [0.15, 0.2) is 68.5 Å². The van der Waals surface area contributed by atoms with Crippen LogP contribution in [0, 0.1) is 13.8 Å². The van der Waals surface area contributed by atoms with Crippen LogP contribution in [-0.2, 0) is 4.79 Å². The summed E-state index contributed by atoms with van der Waals surface area (Å²) in [7, 11) is 0. The monoisotopic (exact) mass is 590 g/mol. The van der Waals surface area contributed by atoms with Gasteiger partial charge in [0.05, 0.1) is 17.0 Å². The highest BCUT2D eigenvalue weighted by Gasteiger charge is 2.13. The number of hydrogen-bond donors (Lipinski definition) is 0. The molecule has 0 unspecified atom stereocenters. The lowest BCUT2D eigenvalue weighted by molar-refractivity contribution is -0.134. The van der Waals surface area contributed by atoms with E-state index in [1.165, 1.54) is 24.5 Å². The molecule has 0 aliphatic carbocycles. The number of halogens is 3. The summed E-state index contributed by atoms with van der Waals surface area (Å²) in [5.41, 5.74) is 1.61. The molecule has 0 aliphatic heterocycles. The third-order valence-electron chi connectivity index (χ3n) is 5.26. The molecule has 6 nitrogen and oxygen atoms in total. The molecule has 0 N–H and O–H groups in total. The van der Waals surface area contributed by atoms with Crippen LogP contribution < -0.4 is 19.6 Å². The maximum atomic E-state index is 12.9. The second kappa shape index (κ2) is 11.4. The van der Waals surface area contributed by atoms with Crippen molar-refractivity contribution in [1.29, 1.82) is 0 Å². The third-order valence-corrected chi connectivity index (χ3v) is 6.65. The quantitative estimate of drug-likeness (QED) is 0.117. The Balaban J connectivity index is 1.37. The van der Waals surface area contributed by atoms with E-state index in [4.69, 9.17) is 41.8 Å². The van der Waals surface area contributed by atoms with Gasteiger partial charge in [-0.15, -0.1) is 0 Å². The van der Waals surface area contributed by atoms with Gasteiger partial charge in [0.1, 0.15) is 29.1 Å². The van der Waals surface area contributed by atoms with Crippen LogP contribution in [0.1, 0.15) is 24.0 Å². The van der Waals surface area contributed by atoms with Crippen molar-refractivity contribution in [2.45, 2.75) is 26.7 Å². The molecular formula is C27H21BrCl2O6. The second-order valence-corrected chi connectivity index (χ2v) is 9.76. The van der Waals surface area contributed by atoms with Crippen molar-refractivity contribution in [3.05, 3.63) is 90.7 Å². The highest BCUT2D eigenvalue weighted by molar-refractivity contribution is 9.10. The predicted molar refractivity (Wildman–Crippen MR) is 143 cm³/mol. The molecule has 0 atom stereocenters. The van der Waals surface area contributed by atoms with E-state index in [1.807, 2.05) is 19.9 Å². The van der Waals surface area contributed by atoms with E-state index in [0.717, 1.165) is 15.6 Å². The summed E-state index contributed by atoms with van der Waals surface area (Å²) >= 11 is 15.7. The second-order valence-electron chi connectivity index (χ2n) is 8.06. The number of fused-ring (bicyclic) bond motifs is 1. The van der Waals surface area contributed by atoms with Gasteiger partial charge >= 0.3 is 5.97 Å². The standard InChI is InChI=1S/C27H21BrCl2O6/c1-15-10-19(11-16(2)26(15)30)35-24-14-34-23-13-18(6-7-20(23)27(24)32)36-25(31)4-3-9-33-22-8-5-17(28)12-21(22)29/h5-8,10-14H,3-4,9H2,1-2H3. The summed E-state index contributed by atoms with van der Waals surface area (Å²) in [5.74, 6) is 0.903. The van der Waals surface area contributed by atoms with Gasteiger partial charge in [0.25, 0.3) is 0 Å². The van der Waals surface area contributed by atoms with Gasteiger partial charge in [0.2, 0.25) is 11.2 Å². The van der Waals surface area contributed by atoms with Gasteiger partial charge < -0.3 is 18.6 Å². The first kappa shape index (κ1) is 26.1. The molecule has 0 radical (unpaired) electrons. The molecule has 186 valence electrons. The minimum absolute atomic E-state index is 0.0410.